The van der Waals surface area contributed by atoms with Crippen LogP contribution in [0.4, 0.5) is 5.69 Å². The summed E-state index contributed by atoms with van der Waals surface area (Å²) in [6.45, 7) is 9.06. The van der Waals surface area contributed by atoms with E-state index in [0.717, 1.165) is 11.3 Å². The lowest BCUT2D eigenvalue weighted by Gasteiger charge is -2.16. The van der Waals surface area contributed by atoms with Crippen LogP contribution in [0.1, 0.15) is 36.7 Å². The first kappa shape index (κ1) is 14.5. The highest BCUT2D eigenvalue weighted by atomic mass is 16.1. The summed E-state index contributed by atoms with van der Waals surface area (Å²) in [5, 5.41) is 2.97. The van der Waals surface area contributed by atoms with Crippen LogP contribution in [-0.2, 0) is 0 Å². The van der Waals surface area contributed by atoms with Gasteiger partial charge in [-0.1, -0.05) is 20.8 Å². The fourth-order valence-corrected chi connectivity index (χ4v) is 1.59. The number of anilines is 1. The van der Waals surface area contributed by atoms with Gasteiger partial charge in [0.2, 0.25) is 0 Å². The molecular formula is C14H23N3O. The summed E-state index contributed by atoms with van der Waals surface area (Å²) in [5.74, 6) is 6.34. The molecule has 1 unspecified atom stereocenters. The lowest BCUT2D eigenvalue weighted by molar-refractivity contribution is 0.0944. The number of hydrogen-bond acceptors (Lipinski definition) is 3. The van der Waals surface area contributed by atoms with Gasteiger partial charge in [-0.3, -0.25) is 10.6 Å². The van der Waals surface area contributed by atoms with Gasteiger partial charge in [-0.25, -0.2) is 0 Å². The Balaban J connectivity index is 2.67. The number of amides is 1. The van der Waals surface area contributed by atoms with Gasteiger partial charge in [0.15, 0.2) is 0 Å². The van der Waals surface area contributed by atoms with Gasteiger partial charge in [0.1, 0.15) is 0 Å². The van der Waals surface area contributed by atoms with Crippen molar-refractivity contribution in [1.82, 2.24) is 5.32 Å². The highest BCUT2D eigenvalue weighted by molar-refractivity contribution is 5.96. The molecule has 1 aromatic rings. The average Bonchev–Trinajstić information content (AvgIpc) is 2.34. The Morgan fingerprint density at radius 2 is 2.00 bits per heavy atom. The van der Waals surface area contributed by atoms with Crippen molar-refractivity contribution in [3.8, 4) is 0 Å². The van der Waals surface area contributed by atoms with Crippen LogP contribution < -0.4 is 16.6 Å². The van der Waals surface area contributed by atoms with Crippen molar-refractivity contribution in [1.29, 1.82) is 0 Å². The first-order valence-electron chi connectivity index (χ1n) is 6.31. The van der Waals surface area contributed by atoms with Crippen LogP contribution in [0, 0.1) is 18.8 Å². The lowest BCUT2D eigenvalue weighted by Crippen LogP contribution is -2.30. The zero-order valence-electron chi connectivity index (χ0n) is 11.6. The predicted octanol–water partition coefficient (Wildman–Crippen LogP) is 2.30. The van der Waals surface area contributed by atoms with E-state index < -0.39 is 0 Å². The van der Waals surface area contributed by atoms with Crippen molar-refractivity contribution in [2.45, 2.75) is 27.7 Å². The van der Waals surface area contributed by atoms with Gasteiger partial charge >= 0.3 is 0 Å². The standard InChI is InChI=1S/C14H23N3O/c1-9(2)11(4)8-16-14(18)13-6-5-12(17-15)7-10(13)3/h5-7,9,11,17H,8,15H2,1-4H3,(H,16,18). The van der Waals surface area contributed by atoms with Gasteiger partial charge in [0, 0.05) is 17.8 Å². The second kappa shape index (κ2) is 6.40. The molecule has 0 bridgehead atoms. The summed E-state index contributed by atoms with van der Waals surface area (Å²) < 4.78 is 0. The highest BCUT2D eigenvalue weighted by Crippen LogP contribution is 2.14. The molecule has 0 saturated heterocycles. The van der Waals surface area contributed by atoms with E-state index in [2.05, 4.69) is 31.5 Å². The molecule has 0 radical (unpaired) electrons. The molecule has 4 heteroatoms. The minimum atomic E-state index is -0.0245. The lowest BCUT2D eigenvalue weighted by atomic mass is 9.98. The summed E-state index contributed by atoms with van der Waals surface area (Å²) in [6, 6.07) is 5.45. The smallest absolute Gasteiger partial charge is 0.251 e. The monoisotopic (exact) mass is 249 g/mol. The van der Waals surface area contributed by atoms with Gasteiger partial charge in [0.25, 0.3) is 5.91 Å². The highest BCUT2D eigenvalue weighted by Gasteiger charge is 2.12. The number of hydrazine groups is 1. The number of carbonyl (C=O) groups excluding carboxylic acids is 1. The van der Waals surface area contributed by atoms with Gasteiger partial charge in [0.05, 0.1) is 0 Å². The second-order valence-electron chi connectivity index (χ2n) is 5.11. The maximum atomic E-state index is 12.0. The normalized spacial score (nSPS) is 12.3. The van der Waals surface area contributed by atoms with Crippen molar-refractivity contribution >= 4 is 11.6 Å². The zero-order chi connectivity index (χ0) is 13.7. The van der Waals surface area contributed by atoms with E-state index in [-0.39, 0.29) is 5.91 Å². The Bertz CT molecular complexity index is 416. The largest absolute Gasteiger partial charge is 0.352 e. The van der Waals surface area contributed by atoms with Crippen molar-refractivity contribution in [3.05, 3.63) is 29.3 Å². The molecule has 0 aliphatic rings. The van der Waals surface area contributed by atoms with E-state index in [9.17, 15) is 4.79 Å². The fourth-order valence-electron chi connectivity index (χ4n) is 1.59. The average molecular weight is 249 g/mol. The van der Waals surface area contributed by atoms with E-state index in [1.54, 1.807) is 12.1 Å². The van der Waals surface area contributed by atoms with Crippen LogP contribution in [0.2, 0.25) is 0 Å². The molecule has 0 fully saturated rings. The molecule has 0 saturated carbocycles. The summed E-state index contributed by atoms with van der Waals surface area (Å²) in [6.07, 6.45) is 0. The molecule has 4 N–H and O–H groups in total. The van der Waals surface area contributed by atoms with Crippen molar-refractivity contribution in [2.24, 2.45) is 17.7 Å². The Morgan fingerprint density at radius 1 is 1.33 bits per heavy atom. The van der Waals surface area contributed by atoms with Gasteiger partial charge in [-0.15, -0.1) is 0 Å². The molecule has 0 spiro atoms. The zero-order valence-corrected chi connectivity index (χ0v) is 11.6. The number of nitrogen functional groups attached to an aromatic ring is 1. The molecule has 1 aromatic carbocycles. The Labute approximate surface area is 109 Å². The number of aryl methyl sites for hydroxylation is 1. The number of nitrogens with two attached hydrogens (primary N) is 1. The molecular weight excluding hydrogens is 226 g/mol. The number of benzene rings is 1. The SMILES string of the molecule is Cc1cc(NN)ccc1C(=O)NCC(C)C(C)C. The quantitative estimate of drug-likeness (QED) is 0.554. The third-order valence-corrected chi connectivity index (χ3v) is 3.36. The summed E-state index contributed by atoms with van der Waals surface area (Å²) >= 11 is 0. The van der Waals surface area contributed by atoms with Crippen LogP contribution in [0.5, 0.6) is 0 Å². The van der Waals surface area contributed by atoms with E-state index in [1.807, 2.05) is 13.0 Å². The predicted molar refractivity (Wildman–Crippen MR) is 75.3 cm³/mol. The third kappa shape index (κ3) is 3.74. The van der Waals surface area contributed by atoms with Crippen LogP contribution in [0.25, 0.3) is 0 Å². The molecule has 0 aromatic heterocycles. The minimum absolute atomic E-state index is 0.0245. The number of nitrogens with one attached hydrogen (secondary N) is 2. The van der Waals surface area contributed by atoms with Crippen molar-refractivity contribution < 1.29 is 4.79 Å². The molecule has 1 atom stereocenters. The Kier molecular flexibility index (Phi) is 5.16. The molecule has 18 heavy (non-hydrogen) atoms. The Morgan fingerprint density at radius 3 is 2.50 bits per heavy atom. The van der Waals surface area contributed by atoms with Crippen LogP contribution in [0.3, 0.4) is 0 Å². The molecule has 0 aliphatic carbocycles. The van der Waals surface area contributed by atoms with Gasteiger partial charge < -0.3 is 10.7 Å². The maximum Gasteiger partial charge on any atom is 0.251 e. The minimum Gasteiger partial charge on any atom is -0.352 e. The van der Waals surface area contributed by atoms with Gasteiger partial charge in [-0.2, -0.15) is 0 Å². The number of rotatable bonds is 5. The third-order valence-electron chi connectivity index (χ3n) is 3.36. The van der Waals surface area contributed by atoms with E-state index in [0.29, 0.717) is 23.9 Å². The summed E-state index contributed by atoms with van der Waals surface area (Å²) in [5.41, 5.74) is 4.99. The first-order valence-corrected chi connectivity index (χ1v) is 6.31. The molecule has 100 valence electrons. The molecule has 4 nitrogen and oxygen atoms in total. The molecule has 0 heterocycles. The summed E-state index contributed by atoms with van der Waals surface area (Å²) in [7, 11) is 0. The van der Waals surface area contributed by atoms with E-state index >= 15 is 0 Å². The molecule has 1 amide bonds. The molecule has 0 aliphatic heterocycles. The van der Waals surface area contributed by atoms with Crippen LogP contribution in [0.15, 0.2) is 18.2 Å². The van der Waals surface area contributed by atoms with E-state index in [4.69, 9.17) is 5.84 Å². The van der Waals surface area contributed by atoms with Gasteiger partial charge in [-0.05, 0) is 42.5 Å². The maximum absolute atomic E-state index is 12.0. The van der Waals surface area contributed by atoms with Crippen molar-refractivity contribution in [2.75, 3.05) is 12.0 Å². The fraction of sp³-hybridized carbons (Fsp3) is 0.500. The van der Waals surface area contributed by atoms with Crippen LogP contribution in [-0.4, -0.2) is 12.5 Å². The van der Waals surface area contributed by atoms with Crippen molar-refractivity contribution in [3.63, 3.8) is 0 Å². The van der Waals surface area contributed by atoms with Crippen LogP contribution >= 0.6 is 0 Å². The summed E-state index contributed by atoms with van der Waals surface area (Å²) in [4.78, 5) is 12.0. The topological polar surface area (TPSA) is 67.1 Å². The van der Waals surface area contributed by atoms with E-state index in [1.165, 1.54) is 0 Å². The first-order chi connectivity index (χ1) is 8.45. The molecule has 1 rings (SSSR count). The number of hydrogen-bond donors (Lipinski definition) is 3. The number of carbonyl (C=O) groups is 1. The second-order valence-corrected chi connectivity index (χ2v) is 5.11. The Hall–Kier alpha value is -1.55.